The summed E-state index contributed by atoms with van der Waals surface area (Å²) < 4.78 is 10.5. The molecule has 3 rings (SSSR count). The van der Waals surface area contributed by atoms with Crippen molar-refractivity contribution in [3.8, 4) is 11.5 Å². The van der Waals surface area contributed by atoms with Crippen molar-refractivity contribution in [2.24, 2.45) is 0 Å². The zero-order valence-electron chi connectivity index (χ0n) is 15.9. The van der Waals surface area contributed by atoms with Crippen LogP contribution in [0.25, 0.3) is 0 Å². The molecule has 29 heavy (non-hydrogen) atoms. The maximum atomic E-state index is 12.1. The van der Waals surface area contributed by atoms with Gasteiger partial charge in [0, 0.05) is 18.3 Å². The van der Waals surface area contributed by atoms with Crippen LogP contribution >= 0.6 is 0 Å². The van der Waals surface area contributed by atoms with Crippen LogP contribution in [0.1, 0.15) is 19.4 Å². The maximum absolute atomic E-state index is 12.1. The van der Waals surface area contributed by atoms with Crippen molar-refractivity contribution in [3.05, 3.63) is 48.0 Å². The van der Waals surface area contributed by atoms with Crippen LogP contribution in [0.3, 0.4) is 0 Å². The lowest BCUT2D eigenvalue weighted by atomic mass is 9.95. The number of hydrogen-bond donors (Lipinski definition) is 4. The largest absolute Gasteiger partial charge is 0.454 e. The molecule has 2 aromatic rings. The molecule has 0 aromatic heterocycles. The van der Waals surface area contributed by atoms with Crippen LogP contribution in [0.4, 0.5) is 11.4 Å². The predicted octanol–water partition coefficient (Wildman–Crippen LogP) is 1.34. The number of amides is 3. The van der Waals surface area contributed by atoms with Crippen molar-refractivity contribution >= 4 is 29.1 Å². The number of carbonyl (C=O) groups excluding carboxylic acids is 3. The van der Waals surface area contributed by atoms with E-state index in [-0.39, 0.29) is 19.2 Å². The number of ether oxygens (including phenoxy) is 2. The van der Waals surface area contributed by atoms with Gasteiger partial charge in [0.15, 0.2) is 11.5 Å². The van der Waals surface area contributed by atoms with Crippen LogP contribution in [0.2, 0.25) is 0 Å². The third kappa shape index (κ3) is 5.02. The molecule has 0 aliphatic carbocycles. The second-order valence-corrected chi connectivity index (χ2v) is 6.74. The minimum Gasteiger partial charge on any atom is -0.454 e. The van der Waals surface area contributed by atoms with E-state index in [1.165, 1.54) is 19.9 Å². The molecule has 0 saturated carbocycles. The molecule has 0 radical (unpaired) electrons. The average molecular weight is 399 g/mol. The number of fused-ring (bicyclic) bond motifs is 1. The van der Waals surface area contributed by atoms with Gasteiger partial charge in [0.05, 0.1) is 6.54 Å². The molecular formula is C20H21N3O6. The van der Waals surface area contributed by atoms with Gasteiger partial charge in [0.25, 0.3) is 0 Å². The van der Waals surface area contributed by atoms with E-state index in [2.05, 4.69) is 16.0 Å². The number of hydrogen-bond acceptors (Lipinski definition) is 6. The van der Waals surface area contributed by atoms with Gasteiger partial charge in [-0.1, -0.05) is 12.1 Å². The predicted molar refractivity (Wildman–Crippen MR) is 105 cm³/mol. The number of aliphatic hydroxyl groups is 1. The van der Waals surface area contributed by atoms with E-state index < -0.39 is 17.4 Å². The van der Waals surface area contributed by atoms with Gasteiger partial charge in [-0.25, -0.2) is 0 Å². The first kappa shape index (κ1) is 20.2. The van der Waals surface area contributed by atoms with Crippen LogP contribution in [-0.2, 0) is 20.0 Å². The molecule has 9 nitrogen and oxygen atoms in total. The lowest BCUT2D eigenvalue weighted by Crippen LogP contribution is -2.43. The van der Waals surface area contributed by atoms with Gasteiger partial charge in [0.1, 0.15) is 5.60 Å². The Hall–Kier alpha value is -3.59. The summed E-state index contributed by atoms with van der Waals surface area (Å²) in [6.07, 6.45) is 0. The molecule has 1 atom stereocenters. The minimum absolute atomic E-state index is 0.112. The van der Waals surface area contributed by atoms with Gasteiger partial charge in [-0.05, 0) is 42.8 Å². The lowest BCUT2D eigenvalue weighted by Gasteiger charge is -2.24. The zero-order chi connectivity index (χ0) is 21.0. The fourth-order valence-electron chi connectivity index (χ4n) is 2.73. The van der Waals surface area contributed by atoms with Crippen LogP contribution in [0.5, 0.6) is 11.5 Å². The van der Waals surface area contributed by atoms with Crippen LogP contribution in [0, 0.1) is 0 Å². The highest BCUT2D eigenvalue weighted by molar-refractivity contribution is 6.39. The maximum Gasteiger partial charge on any atom is 0.313 e. The molecule has 1 aliphatic rings. The molecular weight excluding hydrogens is 378 g/mol. The normalized spacial score (nSPS) is 13.9. The molecule has 3 amide bonds. The van der Waals surface area contributed by atoms with E-state index in [1.807, 2.05) is 0 Å². The van der Waals surface area contributed by atoms with E-state index in [4.69, 9.17) is 9.47 Å². The molecule has 152 valence electrons. The van der Waals surface area contributed by atoms with Gasteiger partial charge in [-0.15, -0.1) is 0 Å². The van der Waals surface area contributed by atoms with Crippen molar-refractivity contribution in [2.75, 3.05) is 24.0 Å². The second kappa shape index (κ2) is 8.19. The monoisotopic (exact) mass is 399 g/mol. The Morgan fingerprint density at radius 3 is 2.41 bits per heavy atom. The van der Waals surface area contributed by atoms with Crippen molar-refractivity contribution in [2.45, 2.75) is 19.4 Å². The molecule has 0 saturated heterocycles. The quantitative estimate of drug-likeness (QED) is 0.562. The van der Waals surface area contributed by atoms with Crippen molar-refractivity contribution < 1.29 is 29.0 Å². The fourth-order valence-corrected chi connectivity index (χ4v) is 2.73. The minimum atomic E-state index is -1.43. The third-order valence-corrected chi connectivity index (χ3v) is 4.23. The summed E-state index contributed by atoms with van der Waals surface area (Å²) in [4.78, 5) is 35.4. The highest BCUT2D eigenvalue weighted by Crippen LogP contribution is 2.35. The highest BCUT2D eigenvalue weighted by atomic mass is 16.7. The number of anilines is 2. The van der Waals surface area contributed by atoms with Crippen LogP contribution in [0.15, 0.2) is 42.5 Å². The molecule has 1 heterocycles. The number of carbonyl (C=O) groups is 3. The van der Waals surface area contributed by atoms with Crippen LogP contribution < -0.4 is 25.4 Å². The summed E-state index contributed by atoms with van der Waals surface area (Å²) in [7, 11) is 0. The van der Waals surface area contributed by atoms with Gasteiger partial charge < -0.3 is 30.5 Å². The number of benzene rings is 2. The van der Waals surface area contributed by atoms with Gasteiger partial charge in [0.2, 0.25) is 12.7 Å². The summed E-state index contributed by atoms with van der Waals surface area (Å²) in [5.41, 5.74) is -0.0896. The Bertz CT molecular complexity index is 957. The summed E-state index contributed by atoms with van der Waals surface area (Å²) in [5, 5.41) is 18.1. The second-order valence-electron chi connectivity index (χ2n) is 6.74. The van der Waals surface area contributed by atoms with Gasteiger partial charge in [-0.3, -0.25) is 14.4 Å². The summed E-state index contributed by atoms with van der Waals surface area (Å²) >= 11 is 0. The first-order chi connectivity index (χ1) is 13.7. The van der Waals surface area contributed by atoms with Gasteiger partial charge >= 0.3 is 11.8 Å². The molecule has 0 fully saturated rings. The summed E-state index contributed by atoms with van der Waals surface area (Å²) in [6.45, 7) is 2.80. The number of nitrogens with one attached hydrogen (secondary N) is 3. The van der Waals surface area contributed by atoms with E-state index in [0.717, 1.165) is 0 Å². The Balaban J connectivity index is 1.58. The Morgan fingerprint density at radius 1 is 1.00 bits per heavy atom. The molecule has 1 unspecified atom stereocenters. The smallest absolute Gasteiger partial charge is 0.313 e. The molecule has 4 N–H and O–H groups in total. The number of rotatable bonds is 5. The van der Waals surface area contributed by atoms with E-state index in [1.54, 1.807) is 36.4 Å². The molecule has 0 spiro atoms. The summed E-state index contributed by atoms with van der Waals surface area (Å²) in [6, 6.07) is 11.3. The SMILES string of the molecule is CC(=O)Nc1cccc(NC(=O)C(=O)NCC(C)(O)c2ccc3c(c2)OCO3)c1. The Morgan fingerprint density at radius 2 is 1.69 bits per heavy atom. The van der Waals surface area contributed by atoms with Crippen molar-refractivity contribution in [1.29, 1.82) is 0 Å². The Labute approximate surface area is 167 Å². The first-order valence-electron chi connectivity index (χ1n) is 8.84. The van der Waals surface area contributed by atoms with E-state index in [0.29, 0.717) is 28.4 Å². The van der Waals surface area contributed by atoms with E-state index >= 15 is 0 Å². The molecule has 9 heteroatoms. The standard InChI is InChI=1S/C20H21N3O6/c1-12(24)22-14-4-3-5-15(9-14)23-19(26)18(25)21-10-20(2,27)13-6-7-16-17(8-13)29-11-28-16/h3-9,27H,10-11H2,1-2H3,(H,21,25)(H,22,24)(H,23,26). The van der Waals surface area contributed by atoms with Crippen molar-refractivity contribution in [1.82, 2.24) is 5.32 Å². The van der Waals surface area contributed by atoms with Crippen LogP contribution in [-0.4, -0.2) is 36.2 Å². The lowest BCUT2D eigenvalue weighted by molar-refractivity contribution is -0.136. The molecule has 0 bridgehead atoms. The highest BCUT2D eigenvalue weighted by Gasteiger charge is 2.27. The van der Waals surface area contributed by atoms with Gasteiger partial charge in [-0.2, -0.15) is 0 Å². The molecule has 1 aliphatic heterocycles. The first-order valence-corrected chi connectivity index (χ1v) is 8.84. The summed E-state index contributed by atoms with van der Waals surface area (Å²) in [5.74, 6) is -0.972. The fraction of sp³-hybridized carbons (Fsp3) is 0.250. The molecule has 2 aromatic carbocycles. The zero-order valence-corrected chi connectivity index (χ0v) is 15.9. The van der Waals surface area contributed by atoms with Crippen molar-refractivity contribution in [3.63, 3.8) is 0 Å². The topological polar surface area (TPSA) is 126 Å². The average Bonchev–Trinajstić information content (AvgIpc) is 3.13. The third-order valence-electron chi connectivity index (χ3n) is 4.23. The Kier molecular flexibility index (Phi) is 5.69. The van der Waals surface area contributed by atoms with E-state index in [9.17, 15) is 19.5 Å².